The van der Waals surface area contributed by atoms with Crippen LogP contribution in [0.2, 0.25) is 10.0 Å². The number of benzene rings is 1. The van der Waals surface area contributed by atoms with E-state index < -0.39 is 23.1 Å². The number of hydrogen-bond donors (Lipinski definition) is 2. The molecule has 0 fully saturated rings. The zero-order valence-corrected chi connectivity index (χ0v) is 11.9. The molecule has 8 heteroatoms. The molecule has 1 rings (SSSR count). The second-order valence-corrected chi connectivity index (χ2v) is 4.96. The van der Waals surface area contributed by atoms with Crippen LogP contribution in [-0.4, -0.2) is 22.2 Å². The summed E-state index contributed by atoms with van der Waals surface area (Å²) >= 11 is 17.4. The summed E-state index contributed by atoms with van der Waals surface area (Å²) in [6, 6.07) is 0. The molecule has 0 aliphatic heterocycles. The van der Waals surface area contributed by atoms with Crippen molar-refractivity contribution in [3.63, 3.8) is 0 Å². The normalized spacial score (nSPS) is 10.2. The predicted molar refractivity (Wildman–Crippen MR) is 65.8 cm³/mol. The molecule has 0 spiro atoms. The third-order valence-corrected chi connectivity index (χ3v) is 4.72. The van der Waals surface area contributed by atoms with Crippen molar-refractivity contribution in [2.45, 2.75) is 0 Å². The van der Waals surface area contributed by atoms with E-state index in [2.05, 4.69) is 31.9 Å². The Morgan fingerprint density at radius 2 is 1.31 bits per heavy atom. The van der Waals surface area contributed by atoms with Crippen LogP contribution in [0, 0.1) is 0 Å². The molecule has 1 aromatic rings. The standard InChI is InChI=1S/C8H2Br2Cl2O4/c9-3-1(7(13)14)2(8(15)16)5(11)4(10)6(3)12/h(H,13,14)(H,15,16). The van der Waals surface area contributed by atoms with Crippen molar-refractivity contribution in [3.8, 4) is 0 Å². The fourth-order valence-electron chi connectivity index (χ4n) is 1.03. The first-order valence-electron chi connectivity index (χ1n) is 3.61. The second kappa shape index (κ2) is 4.91. The van der Waals surface area contributed by atoms with Crippen molar-refractivity contribution in [3.05, 3.63) is 30.1 Å². The number of hydrogen-bond acceptors (Lipinski definition) is 2. The van der Waals surface area contributed by atoms with Gasteiger partial charge in [-0.1, -0.05) is 23.2 Å². The Morgan fingerprint density at radius 3 is 1.69 bits per heavy atom. The van der Waals surface area contributed by atoms with Crippen molar-refractivity contribution >= 4 is 67.0 Å². The highest BCUT2D eigenvalue weighted by Crippen LogP contribution is 2.41. The van der Waals surface area contributed by atoms with Gasteiger partial charge in [-0.2, -0.15) is 0 Å². The van der Waals surface area contributed by atoms with Crippen LogP contribution in [0.1, 0.15) is 20.7 Å². The largest absolute Gasteiger partial charge is 0.478 e. The van der Waals surface area contributed by atoms with Crippen molar-refractivity contribution in [1.29, 1.82) is 0 Å². The van der Waals surface area contributed by atoms with Crippen LogP contribution in [0.15, 0.2) is 8.95 Å². The first-order valence-corrected chi connectivity index (χ1v) is 5.95. The second-order valence-electron chi connectivity index (χ2n) is 2.62. The van der Waals surface area contributed by atoms with Gasteiger partial charge in [-0.25, -0.2) is 9.59 Å². The van der Waals surface area contributed by atoms with Crippen LogP contribution in [0.3, 0.4) is 0 Å². The van der Waals surface area contributed by atoms with E-state index >= 15 is 0 Å². The molecule has 2 N–H and O–H groups in total. The van der Waals surface area contributed by atoms with Crippen LogP contribution in [0.5, 0.6) is 0 Å². The van der Waals surface area contributed by atoms with Crippen LogP contribution < -0.4 is 0 Å². The predicted octanol–water partition coefficient (Wildman–Crippen LogP) is 3.91. The molecule has 16 heavy (non-hydrogen) atoms. The van der Waals surface area contributed by atoms with Crippen LogP contribution in [0.4, 0.5) is 0 Å². The molecule has 0 saturated carbocycles. The van der Waals surface area contributed by atoms with Gasteiger partial charge in [-0.15, -0.1) is 0 Å². The van der Waals surface area contributed by atoms with E-state index in [1.807, 2.05) is 0 Å². The Balaban J connectivity index is 3.83. The minimum atomic E-state index is -1.44. The molecule has 0 aliphatic rings. The van der Waals surface area contributed by atoms with Crippen molar-refractivity contribution in [1.82, 2.24) is 0 Å². The Kier molecular flexibility index (Phi) is 4.23. The molecule has 0 radical (unpaired) electrons. The van der Waals surface area contributed by atoms with Gasteiger partial charge >= 0.3 is 11.9 Å². The van der Waals surface area contributed by atoms with Crippen molar-refractivity contribution in [2.75, 3.05) is 0 Å². The monoisotopic (exact) mass is 390 g/mol. The van der Waals surface area contributed by atoms with Gasteiger partial charge in [0.25, 0.3) is 0 Å². The summed E-state index contributed by atoms with van der Waals surface area (Å²) in [7, 11) is 0. The number of carboxylic acids is 2. The molecular weight excluding hydrogens is 391 g/mol. The lowest BCUT2D eigenvalue weighted by atomic mass is 10.1. The first kappa shape index (κ1) is 13.8. The summed E-state index contributed by atoms with van der Waals surface area (Å²) in [6.07, 6.45) is 0. The number of carboxylic acid groups (broad SMARTS) is 2. The molecule has 0 amide bonds. The molecule has 0 bridgehead atoms. The van der Waals surface area contributed by atoms with Gasteiger partial charge in [-0.3, -0.25) is 0 Å². The van der Waals surface area contributed by atoms with E-state index in [4.69, 9.17) is 33.4 Å². The maximum Gasteiger partial charge on any atom is 0.338 e. The average Bonchev–Trinajstić information content (AvgIpc) is 2.18. The summed E-state index contributed by atoms with van der Waals surface area (Å²) in [4.78, 5) is 21.9. The Labute approximate surface area is 116 Å². The fraction of sp³-hybridized carbons (Fsp3) is 0. The van der Waals surface area contributed by atoms with E-state index in [0.717, 1.165) is 0 Å². The van der Waals surface area contributed by atoms with E-state index in [1.54, 1.807) is 0 Å². The molecule has 0 aliphatic carbocycles. The number of rotatable bonds is 2. The molecule has 4 nitrogen and oxygen atoms in total. The van der Waals surface area contributed by atoms with Gasteiger partial charge in [0, 0.05) is 0 Å². The number of carbonyl (C=O) groups is 2. The molecule has 0 unspecified atom stereocenters. The average molecular weight is 393 g/mol. The first-order chi connectivity index (χ1) is 7.29. The number of aromatic carboxylic acids is 2. The third kappa shape index (κ3) is 2.20. The van der Waals surface area contributed by atoms with Gasteiger partial charge in [0.2, 0.25) is 0 Å². The molecule has 1 aromatic carbocycles. The summed E-state index contributed by atoms with van der Waals surface area (Å²) < 4.78 is 0.0976. The maximum absolute atomic E-state index is 10.9. The Bertz CT molecular complexity index is 457. The van der Waals surface area contributed by atoms with Gasteiger partial charge in [0.05, 0.1) is 30.1 Å². The maximum atomic E-state index is 10.9. The van der Waals surface area contributed by atoms with E-state index in [0.29, 0.717) is 0 Å². The molecule has 0 heterocycles. The highest BCUT2D eigenvalue weighted by Gasteiger charge is 2.27. The minimum Gasteiger partial charge on any atom is -0.478 e. The molecular formula is C8H2Br2Cl2O4. The van der Waals surface area contributed by atoms with Gasteiger partial charge in [0.1, 0.15) is 0 Å². The van der Waals surface area contributed by atoms with E-state index in [1.165, 1.54) is 0 Å². The van der Waals surface area contributed by atoms with Crippen LogP contribution >= 0.6 is 55.1 Å². The van der Waals surface area contributed by atoms with Crippen LogP contribution in [-0.2, 0) is 0 Å². The summed E-state index contributed by atoms with van der Waals surface area (Å²) in [5.74, 6) is -2.87. The third-order valence-electron chi connectivity index (χ3n) is 1.69. The summed E-state index contributed by atoms with van der Waals surface area (Å²) in [5.41, 5.74) is -0.997. The summed E-state index contributed by atoms with van der Waals surface area (Å²) in [6.45, 7) is 0. The van der Waals surface area contributed by atoms with E-state index in [-0.39, 0.29) is 19.0 Å². The lowest BCUT2D eigenvalue weighted by molar-refractivity contribution is 0.0650. The van der Waals surface area contributed by atoms with E-state index in [9.17, 15) is 9.59 Å². The lowest BCUT2D eigenvalue weighted by Crippen LogP contribution is -2.10. The molecule has 0 aromatic heterocycles. The highest BCUT2D eigenvalue weighted by atomic mass is 79.9. The SMILES string of the molecule is O=C(O)c1c(Cl)c(Br)c(Cl)c(Br)c1C(=O)O. The summed E-state index contributed by atoms with van der Waals surface area (Å²) in [5, 5.41) is 17.6. The topological polar surface area (TPSA) is 74.6 Å². The molecule has 0 saturated heterocycles. The molecule has 0 atom stereocenters. The zero-order valence-electron chi connectivity index (χ0n) is 7.22. The minimum absolute atomic E-state index is 0.00685. The number of halogens is 4. The Morgan fingerprint density at radius 1 is 0.875 bits per heavy atom. The van der Waals surface area contributed by atoms with Crippen molar-refractivity contribution < 1.29 is 19.8 Å². The fourth-order valence-corrected chi connectivity index (χ4v) is 2.77. The van der Waals surface area contributed by atoms with Gasteiger partial charge < -0.3 is 10.2 Å². The van der Waals surface area contributed by atoms with Crippen LogP contribution in [0.25, 0.3) is 0 Å². The smallest absolute Gasteiger partial charge is 0.338 e. The zero-order chi connectivity index (χ0) is 12.6. The Hall–Kier alpha value is -0.300. The van der Waals surface area contributed by atoms with Gasteiger partial charge in [-0.05, 0) is 31.9 Å². The lowest BCUT2D eigenvalue weighted by Gasteiger charge is -2.10. The van der Waals surface area contributed by atoms with Crippen molar-refractivity contribution in [2.24, 2.45) is 0 Å². The van der Waals surface area contributed by atoms with Gasteiger partial charge in [0.15, 0.2) is 0 Å². The highest BCUT2D eigenvalue weighted by molar-refractivity contribution is 9.11. The molecule has 86 valence electrons. The quantitative estimate of drug-likeness (QED) is 0.591.